The number of carboxylic acids is 1. The van der Waals surface area contributed by atoms with E-state index in [1.54, 1.807) is 0 Å². The summed E-state index contributed by atoms with van der Waals surface area (Å²) >= 11 is 0. The van der Waals surface area contributed by atoms with Gasteiger partial charge in [-0.15, -0.1) is 0 Å². The maximum atomic E-state index is 11.3. The molecule has 0 fully saturated rings. The zero-order chi connectivity index (χ0) is 17.1. The highest BCUT2D eigenvalue weighted by atomic mass is 16.5. The lowest BCUT2D eigenvalue weighted by Gasteiger charge is -2.26. The molecule has 21 heavy (non-hydrogen) atoms. The first-order valence-corrected chi connectivity index (χ1v) is 6.15. The SMILES string of the molecule is C=COC(C)=O.CC(C)(CO)C(O)C(=O)NCCC(=O)O. The number of aliphatic hydroxyl groups excluding tert-OH is 2. The molecule has 4 N–H and O–H groups in total. The number of rotatable bonds is 7. The number of hydrogen-bond donors (Lipinski definition) is 4. The van der Waals surface area contributed by atoms with Crippen molar-refractivity contribution < 1.29 is 34.4 Å². The van der Waals surface area contributed by atoms with E-state index in [0.717, 1.165) is 6.26 Å². The van der Waals surface area contributed by atoms with Crippen LogP contribution in [-0.2, 0) is 19.1 Å². The van der Waals surface area contributed by atoms with Crippen LogP contribution in [0.25, 0.3) is 0 Å². The van der Waals surface area contributed by atoms with Crippen molar-refractivity contribution in [3.05, 3.63) is 12.8 Å². The van der Waals surface area contributed by atoms with Gasteiger partial charge in [-0.3, -0.25) is 14.4 Å². The van der Waals surface area contributed by atoms with E-state index in [2.05, 4.69) is 16.6 Å². The van der Waals surface area contributed by atoms with E-state index in [-0.39, 0.29) is 25.5 Å². The molecule has 0 aliphatic carbocycles. The standard InChI is InChI=1S/C9H17NO5.C4H6O2/c1-9(2,5-11)7(14)8(15)10-4-3-6(12)13;1-3-6-4(2)5/h7,11,14H,3-5H2,1-2H3,(H,10,15)(H,12,13);3H,1H2,2H3. The van der Waals surface area contributed by atoms with Crippen molar-refractivity contribution in [2.24, 2.45) is 5.41 Å². The van der Waals surface area contributed by atoms with Gasteiger partial charge in [0.15, 0.2) is 0 Å². The van der Waals surface area contributed by atoms with Crippen molar-refractivity contribution in [3.8, 4) is 0 Å². The lowest BCUT2D eigenvalue weighted by molar-refractivity contribution is -0.139. The Morgan fingerprint density at radius 1 is 1.38 bits per heavy atom. The highest BCUT2D eigenvalue weighted by molar-refractivity contribution is 5.81. The van der Waals surface area contributed by atoms with Crippen LogP contribution in [0.1, 0.15) is 27.2 Å². The fourth-order valence-electron chi connectivity index (χ4n) is 0.948. The molecule has 0 bridgehead atoms. The lowest BCUT2D eigenvalue weighted by atomic mass is 9.87. The number of carboxylic acid groups (broad SMARTS) is 1. The number of carbonyl (C=O) groups is 3. The molecule has 8 heteroatoms. The first-order chi connectivity index (χ1) is 9.58. The smallest absolute Gasteiger partial charge is 0.307 e. The number of carbonyl (C=O) groups excluding carboxylic acids is 2. The zero-order valence-corrected chi connectivity index (χ0v) is 12.5. The highest BCUT2D eigenvalue weighted by Crippen LogP contribution is 2.19. The quantitative estimate of drug-likeness (QED) is 0.373. The van der Waals surface area contributed by atoms with Crippen molar-refractivity contribution in [2.45, 2.75) is 33.3 Å². The van der Waals surface area contributed by atoms with E-state index in [1.165, 1.54) is 20.8 Å². The molecule has 0 saturated carbocycles. The van der Waals surface area contributed by atoms with Crippen LogP contribution in [0.4, 0.5) is 0 Å². The van der Waals surface area contributed by atoms with Crippen molar-refractivity contribution >= 4 is 17.8 Å². The van der Waals surface area contributed by atoms with Gasteiger partial charge >= 0.3 is 11.9 Å². The minimum Gasteiger partial charge on any atom is -0.481 e. The monoisotopic (exact) mass is 305 g/mol. The summed E-state index contributed by atoms with van der Waals surface area (Å²) in [6, 6.07) is 0. The molecule has 1 atom stereocenters. The van der Waals surface area contributed by atoms with Crippen LogP contribution in [-0.4, -0.2) is 52.4 Å². The topological polar surface area (TPSA) is 133 Å². The number of ether oxygens (including phenoxy) is 1. The van der Waals surface area contributed by atoms with Crippen LogP contribution in [0, 0.1) is 5.41 Å². The molecule has 0 aliphatic heterocycles. The van der Waals surface area contributed by atoms with Gasteiger partial charge in [-0.1, -0.05) is 20.4 Å². The van der Waals surface area contributed by atoms with Crippen molar-refractivity contribution in [1.82, 2.24) is 5.32 Å². The molecular formula is C13H23NO7. The summed E-state index contributed by atoms with van der Waals surface area (Å²) in [4.78, 5) is 31.2. The maximum absolute atomic E-state index is 11.3. The summed E-state index contributed by atoms with van der Waals surface area (Å²) in [5, 5.41) is 29.0. The number of esters is 1. The Morgan fingerprint density at radius 3 is 2.19 bits per heavy atom. The molecule has 0 spiro atoms. The van der Waals surface area contributed by atoms with E-state index in [9.17, 15) is 19.5 Å². The largest absolute Gasteiger partial charge is 0.481 e. The Bertz CT molecular complexity index is 366. The second kappa shape index (κ2) is 10.8. The molecular weight excluding hydrogens is 282 g/mol. The van der Waals surface area contributed by atoms with Gasteiger partial charge in [0.2, 0.25) is 5.91 Å². The van der Waals surface area contributed by atoms with Gasteiger partial charge in [-0.25, -0.2) is 0 Å². The van der Waals surface area contributed by atoms with Gasteiger partial charge in [0, 0.05) is 18.9 Å². The van der Waals surface area contributed by atoms with Crippen LogP contribution in [0.3, 0.4) is 0 Å². The summed E-state index contributed by atoms with van der Waals surface area (Å²) in [5.41, 5.74) is -0.937. The molecule has 0 aliphatic rings. The van der Waals surface area contributed by atoms with Crippen LogP contribution in [0.15, 0.2) is 12.8 Å². The summed E-state index contributed by atoms with van der Waals surface area (Å²) in [6.07, 6.45) is -0.448. The predicted octanol–water partition coefficient (Wildman–Crippen LogP) is -0.350. The first-order valence-electron chi connectivity index (χ1n) is 6.15. The third kappa shape index (κ3) is 11.6. The summed E-state index contributed by atoms with van der Waals surface area (Å²) in [6.45, 7) is 7.18. The Kier molecular flexibility index (Phi) is 11.0. The number of aliphatic carboxylic acids is 1. The van der Waals surface area contributed by atoms with Gasteiger partial charge < -0.3 is 25.4 Å². The molecule has 0 aromatic carbocycles. The molecule has 0 radical (unpaired) electrons. The molecule has 1 amide bonds. The van der Waals surface area contributed by atoms with Gasteiger partial charge in [-0.2, -0.15) is 0 Å². The molecule has 0 aromatic heterocycles. The maximum Gasteiger partial charge on any atom is 0.307 e. The zero-order valence-electron chi connectivity index (χ0n) is 12.5. The summed E-state index contributed by atoms with van der Waals surface area (Å²) in [5.74, 6) is -2.02. The highest BCUT2D eigenvalue weighted by Gasteiger charge is 2.32. The van der Waals surface area contributed by atoms with Crippen LogP contribution >= 0.6 is 0 Å². The first kappa shape index (κ1) is 21.4. The Labute approximate surface area is 123 Å². The third-order valence-electron chi connectivity index (χ3n) is 2.28. The van der Waals surface area contributed by atoms with Crippen LogP contribution in [0.2, 0.25) is 0 Å². The Balaban J connectivity index is 0. The number of aliphatic hydroxyl groups is 2. The van der Waals surface area contributed by atoms with Crippen LogP contribution in [0.5, 0.6) is 0 Å². The summed E-state index contributed by atoms with van der Waals surface area (Å²) < 4.78 is 4.17. The Morgan fingerprint density at radius 2 is 1.90 bits per heavy atom. The van der Waals surface area contributed by atoms with Crippen molar-refractivity contribution in [3.63, 3.8) is 0 Å². The van der Waals surface area contributed by atoms with E-state index in [1.807, 2.05) is 0 Å². The predicted molar refractivity (Wildman–Crippen MR) is 74.1 cm³/mol. The number of hydrogen-bond acceptors (Lipinski definition) is 6. The van der Waals surface area contributed by atoms with E-state index in [4.69, 9.17) is 10.2 Å². The molecule has 0 saturated heterocycles. The van der Waals surface area contributed by atoms with E-state index < -0.39 is 23.4 Å². The van der Waals surface area contributed by atoms with Crippen LogP contribution < -0.4 is 5.32 Å². The van der Waals surface area contributed by atoms with Gasteiger partial charge in [0.25, 0.3) is 0 Å². The van der Waals surface area contributed by atoms with Crippen molar-refractivity contribution in [1.29, 1.82) is 0 Å². The molecule has 0 rings (SSSR count). The van der Waals surface area contributed by atoms with E-state index in [0.29, 0.717) is 0 Å². The average Bonchev–Trinajstić information content (AvgIpc) is 2.37. The minimum absolute atomic E-state index is 0.0350. The molecule has 0 heterocycles. The molecule has 122 valence electrons. The molecule has 0 aromatic rings. The van der Waals surface area contributed by atoms with E-state index >= 15 is 0 Å². The van der Waals surface area contributed by atoms with Gasteiger partial charge in [-0.05, 0) is 0 Å². The Hall–Kier alpha value is -1.93. The molecule has 8 nitrogen and oxygen atoms in total. The second-order valence-corrected chi connectivity index (χ2v) is 4.76. The van der Waals surface area contributed by atoms with Crippen molar-refractivity contribution in [2.75, 3.05) is 13.2 Å². The summed E-state index contributed by atoms with van der Waals surface area (Å²) in [7, 11) is 0. The number of amides is 1. The van der Waals surface area contributed by atoms with Gasteiger partial charge in [0.1, 0.15) is 6.10 Å². The normalized spacial score (nSPS) is 11.5. The fourth-order valence-corrected chi connectivity index (χ4v) is 0.948. The average molecular weight is 305 g/mol. The fraction of sp³-hybridized carbons (Fsp3) is 0.615. The number of nitrogens with one attached hydrogen (secondary N) is 1. The molecule has 1 unspecified atom stereocenters. The third-order valence-corrected chi connectivity index (χ3v) is 2.28. The second-order valence-electron chi connectivity index (χ2n) is 4.76. The minimum atomic E-state index is -1.35. The van der Waals surface area contributed by atoms with Gasteiger partial charge in [0.05, 0.1) is 19.3 Å². The lowest BCUT2D eigenvalue weighted by Crippen LogP contribution is -2.45.